The van der Waals surface area contributed by atoms with Crippen molar-refractivity contribution in [3.63, 3.8) is 0 Å². The summed E-state index contributed by atoms with van der Waals surface area (Å²) in [6.07, 6.45) is 2.61. The van der Waals surface area contributed by atoms with E-state index in [2.05, 4.69) is 0 Å². The van der Waals surface area contributed by atoms with Crippen LogP contribution in [0.3, 0.4) is 0 Å². The van der Waals surface area contributed by atoms with E-state index in [0.717, 1.165) is 0 Å². The van der Waals surface area contributed by atoms with Crippen LogP contribution in [0.2, 0.25) is 5.31 Å². The highest BCUT2D eigenvalue weighted by molar-refractivity contribution is 6.17. The van der Waals surface area contributed by atoms with Crippen molar-refractivity contribution in [2.24, 2.45) is 5.92 Å². The van der Waals surface area contributed by atoms with Gasteiger partial charge in [0.2, 0.25) is 6.43 Å². The Morgan fingerprint density at radius 2 is 2.33 bits per heavy atom. The Hall–Kier alpha value is -0.665. The van der Waals surface area contributed by atoms with Crippen molar-refractivity contribution < 1.29 is 13.6 Å². The van der Waals surface area contributed by atoms with Gasteiger partial charge in [-0.1, -0.05) is 12.2 Å². The average Bonchev–Trinajstić information content (AvgIpc) is 2.05. The minimum atomic E-state index is -2.42. The standard InChI is InChI=1S/C8H11BF2O/c9-8(7(10)11)4-2-1-3-6(8)5-12/h1,3,5-7H,2,4,9H2. The average molecular weight is 172 g/mol. The number of aldehydes is 1. The molecule has 4 heteroatoms. The first-order chi connectivity index (χ1) is 5.61. The van der Waals surface area contributed by atoms with Crippen molar-refractivity contribution in [1.82, 2.24) is 0 Å². The number of carbonyl (C=O) groups is 1. The molecule has 0 radical (unpaired) electrons. The Labute approximate surface area is 71.2 Å². The van der Waals surface area contributed by atoms with E-state index >= 15 is 0 Å². The van der Waals surface area contributed by atoms with Gasteiger partial charge < -0.3 is 4.79 Å². The number of halogens is 2. The van der Waals surface area contributed by atoms with Crippen molar-refractivity contribution in [2.75, 3.05) is 0 Å². The minimum absolute atomic E-state index is 0.393. The molecule has 0 N–H and O–H groups in total. The molecule has 0 fully saturated rings. The Morgan fingerprint density at radius 1 is 1.67 bits per heavy atom. The van der Waals surface area contributed by atoms with Gasteiger partial charge in [0, 0.05) is 11.2 Å². The van der Waals surface area contributed by atoms with Crippen molar-refractivity contribution in [1.29, 1.82) is 0 Å². The first-order valence-electron chi connectivity index (χ1n) is 4.01. The second-order valence-electron chi connectivity index (χ2n) is 3.44. The highest BCUT2D eigenvalue weighted by Gasteiger charge is 2.41. The van der Waals surface area contributed by atoms with E-state index in [-0.39, 0.29) is 0 Å². The van der Waals surface area contributed by atoms with Crippen LogP contribution in [-0.2, 0) is 4.79 Å². The number of rotatable bonds is 2. The highest BCUT2D eigenvalue weighted by atomic mass is 19.3. The van der Waals surface area contributed by atoms with E-state index in [1.165, 1.54) is 7.85 Å². The molecule has 1 rings (SSSR count). The van der Waals surface area contributed by atoms with Gasteiger partial charge >= 0.3 is 0 Å². The van der Waals surface area contributed by atoms with Crippen LogP contribution in [0.15, 0.2) is 12.2 Å². The van der Waals surface area contributed by atoms with Gasteiger partial charge in [0.15, 0.2) is 0 Å². The molecule has 0 spiro atoms. The summed E-state index contributed by atoms with van der Waals surface area (Å²) in [6.45, 7) is 0. The molecule has 0 saturated heterocycles. The molecule has 0 bridgehead atoms. The van der Waals surface area contributed by atoms with Crippen LogP contribution in [0.5, 0.6) is 0 Å². The van der Waals surface area contributed by atoms with Crippen LogP contribution in [0.1, 0.15) is 12.8 Å². The molecular formula is C8H11BF2O. The molecule has 1 aliphatic carbocycles. The summed E-state index contributed by atoms with van der Waals surface area (Å²) in [7, 11) is 1.47. The summed E-state index contributed by atoms with van der Waals surface area (Å²) in [5, 5.41) is -1.14. The third-order valence-electron chi connectivity index (χ3n) is 2.60. The van der Waals surface area contributed by atoms with E-state index in [1.54, 1.807) is 12.2 Å². The minimum Gasteiger partial charge on any atom is -0.303 e. The molecule has 12 heavy (non-hydrogen) atoms. The fourth-order valence-corrected chi connectivity index (χ4v) is 1.48. The van der Waals surface area contributed by atoms with Crippen molar-refractivity contribution >= 4 is 14.1 Å². The lowest BCUT2D eigenvalue weighted by Crippen LogP contribution is -2.32. The Morgan fingerprint density at radius 3 is 2.75 bits per heavy atom. The molecule has 0 aliphatic heterocycles. The summed E-state index contributed by atoms with van der Waals surface area (Å²) in [4.78, 5) is 10.5. The van der Waals surface area contributed by atoms with Crippen molar-refractivity contribution in [2.45, 2.75) is 24.6 Å². The zero-order valence-corrected chi connectivity index (χ0v) is 6.97. The molecule has 1 nitrogen and oxygen atoms in total. The summed E-state index contributed by atoms with van der Waals surface area (Å²) < 4.78 is 25.1. The highest BCUT2D eigenvalue weighted by Crippen LogP contribution is 2.45. The Kier molecular flexibility index (Phi) is 2.65. The second-order valence-corrected chi connectivity index (χ2v) is 3.44. The largest absolute Gasteiger partial charge is 0.303 e. The zero-order valence-electron chi connectivity index (χ0n) is 6.97. The van der Waals surface area contributed by atoms with Gasteiger partial charge in [0.05, 0.1) is 0 Å². The summed E-state index contributed by atoms with van der Waals surface area (Å²) in [6, 6.07) is 0. The number of hydrogen-bond acceptors (Lipinski definition) is 1. The van der Waals surface area contributed by atoms with Gasteiger partial charge in [-0.15, -0.1) is 0 Å². The van der Waals surface area contributed by atoms with E-state index < -0.39 is 17.7 Å². The topological polar surface area (TPSA) is 17.1 Å². The lowest BCUT2D eigenvalue weighted by molar-refractivity contribution is -0.112. The monoisotopic (exact) mass is 172 g/mol. The summed E-state index contributed by atoms with van der Waals surface area (Å²) in [5.41, 5.74) is 0. The summed E-state index contributed by atoms with van der Waals surface area (Å²) in [5.74, 6) is -0.619. The van der Waals surface area contributed by atoms with Gasteiger partial charge in [-0.25, -0.2) is 8.78 Å². The Balaban J connectivity index is 2.86. The van der Waals surface area contributed by atoms with Gasteiger partial charge in [-0.3, -0.25) is 0 Å². The van der Waals surface area contributed by atoms with Gasteiger partial charge in [-0.05, 0) is 12.8 Å². The van der Waals surface area contributed by atoms with E-state index in [4.69, 9.17) is 0 Å². The number of hydrogen-bond donors (Lipinski definition) is 0. The lowest BCUT2D eigenvalue weighted by atomic mass is 9.57. The maximum atomic E-state index is 12.5. The molecule has 0 amide bonds. The maximum Gasteiger partial charge on any atom is 0.238 e. The predicted octanol–water partition coefficient (Wildman–Crippen LogP) is 1.21. The fraction of sp³-hybridized carbons (Fsp3) is 0.625. The Bertz CT molecular complexity index is 205. The van der Waals surface area contributed by atoms with E-state index in [9.17, 15) is 13.6 Å². The maximum absolute atomic E-state index is 12.5. The van der Waals surface area contributed by atoms with Crippen LogP contribution in [0.25, 0.3) is 0 Å². The first kappa shape index (κ1) is 9.42. The van der Waals surface area contributed by atoms with Gasteiger partial charge in [0.25, 0.3) is 0 Å². The molecule has 1 aliphatic rings. The number of alkyl halides is 2. The van der Waals surface area contributed by atoms with Crippen LogP contribution in [0, 0.1) is 5.92 Å². The van der Waals surface area contributed by atoms with E-state index in [0.29, 0.717) is 19.1 Å². The zero-order chi connectivity index (χ0) is 9.19. The molecule has 66 valence electrons. The smallest absolute Gasteiger partial charge is 0.238 e. The third kappa shape index (κ3) is 1.42. The van der Waals surface area contributed by atoms with Crippen LogP contribution < -0.4 is 0 Å². The van der Waals surface area contributed by atoms with E-state index in [1.807, 2.05) is 0 Å². The van der Waals surface area contributed by atoms with Gasteiger partial charge in [0.1, 0.15) is 14.1 Å². The van der Waals surface area contributed by atoms with Crippen LogP contribution in [-0.4, -0.2) is 20.6 Å². The SMILES string of the molecule is BC1(C(F)F)CCC=CC1C=O. The molecular weight excluding hydrogens is 161 g/mol. The molecule has 0 heterocycles. The van der Waals surface area contributed by atoms with Crippen molar-refractivity contribution in [3.05, 3.63) is 12.2 Å². The molecule has 0 aromatic heterocycles. The predicted molar refractivity (Wildman–Crippen MR) is 45.2 cm³/mol. The second kappa shape index (κ2) is 3.38. The quantitative estimate of drug-likeness (QED) is 0.347. The molecule has 2 atom stereocenters. The molecule has 2 unspecified atom stereocenters. The third-order valence-corrected chi connectivity index (χ3v) is 2.60. The van der Waals surface area contributed by atoms with Crippen LogP contribution >= 0.6 is 0 Å². The van der Waals surface area contributed by atoms with Gasteiger partial charge in [-0.2, -0.15) is 0 Å². The lowest BCUT2D eigenvalue weighted by Gasteiger charge is -2.34. The molecule has 0 aromatic rings. The molecule has 0 aromatic carbocycles. The van der Waals surface area contributed by atoms with Crippen molar-refractivity contribution in [3.8, 4) is 0 Å². The number of carbonyl (C=O) groups excluding carboxylic acids is 1. The molecule has 0 saturated carbocycles. The fourth-order valence-electron chi connectivity index (χ4n) is 1.48. The normalized spacial score (nSPS) is 35.4. The van der Waals surface area contributed by atoms with Crippen LogP contribution in [0.4, 0.5) is 8.78 Å². The summed E-state index contributed by atoms with van der Waals surface area (Å²) >= 11 is 0. The first-order valence-corrected chi connectivity index (χ1v) is 4.01. The number of allylic oxidation sites excluding steroid dienone is 2.